The third kappa shape index (κ3) is 75.2. The van der Waals surface area contributed by atoms with Gasteiger partial charge in [-0.2, -0.15) is 0 Å². The number of aliphatic hydroxyl groups excluding tert-OH is 2. The second-order valence-electron chi connectivity index (χ2n) is 26.1. The van der Waals surface area contributed by atoms with Gasteiger partial charge in [0.05, 0.1) is 26.4 Å². The van der Waals surface area contributed by atoms with Gasteiger partial charge in [-0.25, -0.2) is 9.13 Å². The Morgan fingerprint density at radius 3 is 0.869 bits per heavy atom. The molecule has 16 nitrogen and oxygen atoms in total. The summed E-state index contributed by atoms with van der Waals surface area (Å²) in [4.78, 5) is 58.5. The Morgan fingerprint density at radius 2 is 0.535 bits per heavy atom. The summed E-state index contributed by atoms with van der Waals surface area (Å²) in [6.45, 7) is 2.54. The van der Waals surface area contributed by atoms with Gasteiger partial charge in [-0.1, -0.05) is 310 Å². The van der Waals surface area contributed by atoms with Gasteiger partial charge in [-0.3, -0.25) is 32.5 Å². The van der Waals surface area contributed by atoms with Crippen molar-refractivity contribution in [3.63, 3.8) is 0 Å². The summed E-state index contributed by atoms with van der Waals surface area (Å²) in [5.41, 5.74) is 0. The predicted molar refractivity (Wildman–Crippen MR) is 408 cm³/mol. The molecule has 0 rings (SSSR count). The lowest BCUT2D eigenvalue weighted by Crippen LogP contribution is -2.30. The van der Waals surface area contributed by atoms with E-state index in [1.807, 2.05) is 0 Å². The highest BCUT2D eigenvalue weighted by molar-refractivity contribution is 7.47. The van der Waals surface area contributed by atoms with Crippen LogP contribution in [-0.4, -0.2) is 95.9 Å². The molecule has 572 valence electrons. The van der Waals surface area contributed by atoms with Gasteiger partial charge < -0.3 is 34.2 Å². The van der Waals surface area contributed by atoms with E-state index in [0.717, 1.165) is 148 Å². The van der Waals surface area contributed by atoms with Crippen LogP contribution >= 0.6 is 15.6 Å². The number of aliphatic hydroxyl groups is 2. The van der Waals surface area contributed by atoms with Gasteiger partial charge in [-0.05, 0) is 109 Å². The molecule has 0 aromatic carbocycles. The minimum Gasteiger partial charge on any atom is -0.463 e. The van der Waals surface area contributed by atoms with E-state index in [2.05, 4.69) is 130 Å². The van der Waals surface area contributed by atoms with Crippen molar-refractivity contribution < 1.29 is 75.8 Å². The Hall–Kier alpha value is -3.79. The van der Waals surface area contributed by atoms with Crippen LogP contribution in [0.5, 0.6) is 0 Å². The minimum atomic E-state index is -4.93. The third-order valence-corrected chi connectivity index (χ3v) is 18.4. The Bertz CT molecular complexity index is 2240. The Balaban J connectivity index is 4.45. The van der Waals surface area contributed by atoms with Crippen molar-refractivity contribution in [2.24, 2.45) is 0 Å². The van der Waals surface area contributed by atoms with Crippen LogP contribution in [-0.2, 0) is 55.8 Å². The molecule has 0 bridgehead atoms. The Morgan fingerprint density at radius 1 is 0.293 bits per heavy atom. The van der Waals surface area contributed by atoms with E-state index in [1.165, 1.54) is 122 Å². The van der Waals surface area contributed by atoms with E-state index in [-0.39, 0.29) is 19.3 Å². The average molecular weight is 1430 g/mol. The van der Waals surface area contributed by atoms with E-state index in [9.17, 15) is 43.5 Å². The molecule has 4 N–H and O–H groups in total. The monoisotopic (exact) mass is 1430 g/mol. The quantitative estimate of drug-likeness (QED) is 0.0146. The lowest BCUT2D eigenvalue weighted by molar-refractivity contribution is -0.161. The second kappa shape index (κ2) is 73.9. The normalized spacial score (nSPS) is 14.6. The SMILES string of the molecule is CC/C=C\C/C=C\C/C=C\C/C=C\C/C=C\CCCCCCCCCC(=O)OCC(COP(=O)(O)OCC(O)COP(=O)(O)OCC(O)COC(=O)CCCCCCCCCCCCCCC/C=C\C/C=C\C/C=C\C/C=C\CCCCC)OC(=O)CCCCCCCCCCCCC. The van der Waals surface area contributed by atoms with Crippen molar-refractivity contribution in [3.8, 4) is 0 Å². The number of hydrogen-bond donors (Lipinski definition) is 4. The van der Waals surface area contributed by atoms with E-state index in [0.29, 0.717) is 19.3 Å². The number of phosphoric ester groups is 2. The largest absolute Gasteiger partial charge is 0.472 e. The number of ether oxygens (including phenoxy) is 3. The maximum absolute atomic E-state index is 12.9. The van der Waals surface area contributed by atoms with Gasteiger partial charge in [0, 0.05) is 19.3 Å². The lowest BCUT2D eigenvalue weighted by atomic mass is 10.0. The number of carbonyl (C=O) groups is 3. The van der Waals surface area contributed by atoms with Gasteiger partial charge in [0.1, 0.15) is 25.4 Å². The van der Waals surface area contributed by atoms with Crippen LogP contribution in [0, 0.1) is 0 Å². The van der Waals surface area contributed by atoms with Crippen LogP contribution in [0.2, 0.25) is 0 Å². The molecule has 5 atom stereocenters. The highest BCUT2D eigenvalue weighted by atomic mass is 31.2. The fraction of sp³-hybridized carbons (Fsp3) is 0.741. The van der Waals surface area contributed by atoms with Gasteiger partial charge >= 0.3 is 33.6 Å². The zero-order chi connectivity index (χ0) is 72.3. The fourth-order valence-electron chi connectivity index (χ4n) is 10.5. The summed E-state index contributed by atoms with van der Waals surface area (Å²) in [5, 5.41) is 20.6. The summed E-state index contributed by atoms with van der Waals surface area (Å²) < 4.78 is 61.0. The number of carbonyl (C=O) groups excluding carboxylic acids is 3. The number of phosphoric acid groups is 2. The zero-order valence-corrected chi connectivity index (χ0v) is 64.2. The standard InChI is InChI=1S/C81H142O16P2/c1-4-7-10-13-16-19-22-24-26-28-30-32-34-35-36-37-38-39-41-43-44-46-48-50-53-55-58-61-64-67-79(84)91-70-76(82)71-93-98(87,88)94-72-77(83)73-95-99(89,90)96-75-78(97-81(86)69-66-63-60-57-52-21-18-15-12-9-6-3)74-92-80(85)68-65-62-59-56-54-51-49-47-45-42-40-33-31-29-27-25-23-20-17-14-11-8-5-2/h8,11,16-17,19-20,24-27,30-33,35-36,42,45,76-78,82-83H,4-7,9-10,12-15,18,21-23,28-29,34,37-41,43-44,46-75H2,1-3H3,(H,87,88)(H,89,90)/b11-8-,19-16-,20-17-,26-24-,27-25-,32-30-,33-31-,36-35-,45-42-. The van der Waals surface area contributed by atoms with E-state index < -0.39 is 91.5 Å². The number of esters is 3. The molecule has 0 heterocycles. The van der Waals surface area contributed by atoms with Gasteiger partial charge in [0.2, 0.25) is 0 Å². The van der Waals surface area contributed by atoms with Crippen molar-refractivity contribution in [3.05, 3.63) is 109 Å². The van der Waals surface area contributed by atoms with Crippen LogP contribution in [0.25, 0.3) is 0 Å². The molecule has 99 heavy (non-hydrogen) atoms. The highest BCUT2D eigenvalue weighted by Crippen LogP contribution is 2.45. The summed E-state index contributed by atoms with van der Waals surface area (Å²) in [7, 11) is -9.78. The number of hydrogen-bond acceptors (Lipinski definition) is 14. The molecule has 0 saturated heterocycles. The van der Waals surface area contributed by atoms with Gasteiger partial charge in [0.15, 0.2) is 6.10 Å². The number of unbranched alkanes of at least 4 members (excludes halogenated alkanes) is 33. The minimum absolute atomic E-state index is 0.104. The first-order chi connectivity index (χ1) is 48.2. The molecule has 0 spiro atoms. The van der Waals surface area contributed by atoms with Crippen molar-refractivity contribution in [2.75, 3.05) is 39.6 Å². The van der Waals surface area contributed by atoms with E-state index in [4.69, 9.17) is 32.3 Å². The number of allylic oxidation sites excluding steroid dienone is 18. The predicted octanol–water partition coefficient (Wildman–Crippen LogP) is 22.8. The van der Waals surface area contributed by atoms with Crippen molar-refractivity contribution >= 4 is 33.6 Å². The van der Waals surface area contributed by atoms with Gasteiger partial charge in [0.25, 0.3) is 0 Å². The molecule has 0 radical (unpaired) electrons. The molecule has 0 saturated carbocycles. The third-order valence-electron chi connectivity index (χ3n) is 16.5. The molecule has 0 aromatic rings. The van der Waals surface area contributed by atoms with E-state index in [1.54, 1.807) is 0 Å². The first kappa shape index (κ1) is 95.2. The van der Waals surface area contributed by atoms with Crippen LogP contribution < -0.4 is 0 Å². The second-order valence-corrected chi connectivity index (χ2v) is 29.0. The molecule has 0 amide bonds. The smallest absolute Gasteiger partial charge is 0.463 e. The van der Waals surface area contributed by atoms with Crippen LogP contribution in [0.15, 0.2) is 109 Å². The molecule has 18 heteroatoms. The van der Waals surface area contributed by atoms with Crippen LogP contribution in [0.3, 0.4) is 0 Å². The summed E-state index contributed by atoms with van der Waals surface area (Å²) in [6, 6.07) is 0. The fourth-order valence-corrected chi connectivity index (χ4v) is 12.1. The summed E-state index contributed by atoms with van der Waals surface area (Å²) >= 11 is 0. The zero-order valence-electron chi connectivity index (χ0n) is 62.4. The summed E-state index contributed by atoms with van der Waals surface area (Å²) in [5.74, 6) is -1.58. The van der Waals surface area contributed by atoms with Crippen molar-refractivity contribution in [2.45, 2.75) is 347 Å². The topological polar surface area (TPSA) is 231 Å². The van der Waals surface area contributed by atoms with Crippen molar-refractivity contribution in [1.29, 1.82) is 0 Å². The maximum atomic E-state index is 12.9. The average Bonchev–Trinajstić information content (AvgIpc) is 1.94. The molecular formula is C81H142O16P2. The molecule has 0 aromatic heterocycles. The van der Waals surface area contributed by atoms with E-state index >= 15 is 0 Å². The summed E-state index contributed by atoms with van der Waals surface area (Å²) in [6.07, 6.45) is 85.8. The molecule has 0 aliphatic rings. The Kier molecular flexibility index (Phi) is 71.1. The molecule has 0 fully saturated rings. The molecule has 0 aliphatic carbocycles. The molecule has 0 aliphatic heterocycles. The number of rotatable bonds is 74. The van der Waals surface area contributed by atoms with Crippen LogP contribution in [0.4, 0.5) is 0 Å². The first-order valence-electron chi connectivity index (χ1n) is 39.2. The Labute approximate surface area is 602 Å². The lowest BCUT2D eigenvalue weighted by Gasteiger charge is -2.21. The van der Waals surface area contributed by atoms with Gasteiger partial charge in [-0.15, -0.1) is 0 Å². The maximum Gasteiger partial charge on any atom is 0.472 e. The molecular weight excluding hydrogens is 1290 g/mol. The van der Waals surface area contributed by atoms with Crippen LogP contribution in [0.1, 0.15) is 329 Å². The molecule has 5 unspecified atom stereocenters. The first-order valence-corrected chi connectivity index (χ1v) is 42.2. The highest BCUT2D eigenvalue weighted by Gasteiger charge is 2.29. The van der Waals surface area contributed by atoms with Crippen molar-refractivity contribution in [1.82, 2.24) is 0 Å².